The number of hydrogen-bond acceptors (Lipinski definition) is 0. The Morgan fingerprint density at radius 3 is 2.20 bits per heavy atom. The molecule has 0 spiro atoms. The molecular weight excluding hydrogens is 120 g/mol. The molecule has 0 heteroatoms. The van der Waals surface area contributed by atoms with Gasteiger partial charge in [0.1, 0.15) is 0 Å². The molecule has 0 aromatic rings. The third-order valence-electron chi connectivity index (χ3n) is 1.47. The Morgan fingerprint density at radius 1 is 1.20 bits per heavy atom. The Balaban J connectivity index is 3.48. The fraction of sp³-hybridized carbons (Fsp3) is 0.800. The fourth-order valence-corrected chi connectivity index (χ4v) is 0.539. The molecule has 0 amide bonds. The Labute approximate surface area is 65.0 Å². The van der Waals surface area contributed by atoms with E-state index >= 15 is 0 Å². The highest BCUT2D eigenvalue weighted by Gasteiger charge is 1.90. The van der Waals surface area contributed by atoms with E-state index < -0.39 is 0 Å². The zero-order valence-corrected chi connectivity index (χ0v) is 7.57. The summed E-state index contributed by atoms with van der Waals surface area (Å²) in [6, 6.07) is 0. The molecule has 1 unspecified atom stereocenters. The van der Waals surface area contributed by atoms with Crippen molar-refractivity contribution < 1.29 is 0 Å². The van der Waals surface area contributed by atoms with Gasteiger partial charge in [0.05, 0.1) is 0 Å². The van der Waals surface area contributed by atoms with Crippen LogP contribution < -0.4 is 0 Å². The minimum absolute atomic E-state index is 0.582. The minimum Gasteiger partial charge on any atom is -0.103 e. The van der Waals surface area contributed by atoms with Gasteiger partial charge in [-0.3, -0.25) is 0 Å². The molecule has 0 saturated carbocycles. The second-order valence-corrected chi connectivity index (χ2v) is 3.23. The lowest BCUT2D eigenvalue weighted by Crippen LogP contribution is -1.87. The van der Waals surface area contributed by atoms with Gasteiger partial charge in [0, 0.05) is 12.3 Å². The number of rotatable bonds is 2. The predicted molar refractivity (Wildman–Crippen MR) is 46.7 cm³/mol. The molecule has 0 aliphatic heterocycles. The van der Waals surface area contributed by atoms with Gasteiger partial charge in [-0.25, -0.2) is 0 Å². The van der Waals surface area contributed by atoms with Crippen LogP contribution in [-0.4, -0.2) is 0 Å². The SMILES string of the molecule is CCC(C)C#CCC(C)C. The summed E-state index contributed by atoms with van der Waals surface area (Å²) in [4.78, 5) is 0. The summed E-state index contributed by atoms with van der Waals surface area (Å²) in [7, 11) is 0. The first kappa shape index (κ1) is 9.56. The Morgan fingerprint density at radius 2 is 1.80 bits per heavy atom. The standard InChI is InChI=1S/C10H18/c1-5-10(4)8-6-7-9(2)3/h9-10H,5,7H2,1-4H3. The van der Waals surface area contributed by atoms with Gasteiger partial charge in [0.2, 0.25) is 0 Å². The van der Waals surface area contributed by atoms with E-state index in [0.717, 1.165) is 12.3 Å². The maximum absolute atomic E-state index is 3.21. The molecule has 0 heterocycles. The lowest BCUT2D eigenvalue weighted by Gasteiger charge is -1.96. The quantitative estimate of drug-likeness (QED) is 0.514. The van der Waals surface area contributed by atoms with Gasteiger partial charge in [-0.2, -0.15) is 0 Å². The molecule has 0 bridgehead atoms. The van der Waals surface area contributed by atoms with Crippen molar-refractivity contribution in [2.75, 3.05) is 0 Å². The monoisotopic (exact) mass is 138 g/mol. The first-order valence-corrected chi connectivity index (χ1v) is 4.15. The van der Waals surface area contributed by atoms with Gasteiger partial charge >= 0.3 is 0 Å². The summed E-state index contributed by atoms with van der Waals surface area (Å²) in [6.45, 7) is 8.75. The molecule has 0 aromatic heterocycles. The molecular formula is C10H18. The molecule has 0 aliphatic carbocycles. The van der Waals surface area contributed by atoms with Crippen LogP contribution in [0.5, 0.6) is 0 Å². The smallest absolute Gasteiger partial charge is 0.0171 e. The average molecular weight is 138 g/mol. The molecule has 0 saturated heterocycles. The topological polar surface area (TPSA) is 0 Å². The third-order valence-corrected chi connectivity index (χ3v) is 1.47. The molecule has 0 N–H and O–H groups in total. The van der Waals surface area contributed by atoms with Gasteiger partial charge in [0.25, 0.3) is 0 Å². The van der Waals surface area contributed by atoms with E-state index in [2.05, 4.69) is 39.5 Å². The van der Waals surface area contributed by atoms with Crippen molar-refractivity contribution in [3.8, 4) is 11.8 Å². The minimum atomic E-state index is 0.582. The second kappa shape index (κ2) is 5.35. The Kier molecular flexibility index (Phi) is 5.12. The molecule has 58 valence electrons. The fourth-order valence-electron chi connectivity index (χ4n) is 0.539. The van der Waals surface area contributed by atoms with Crippen molar-refractivity contribution >= 4 is 0 Å². The Bertz CT molecular complexity index is 123. The molecule has 0 aliphatic rings. The van der Waals surface area contributed by atoms with Crippen LogP contribution in [-0.2, 0) is 0 Å². The van der Waals surface area contributed by atoms with Crippen molar-refractivity contribution in [1.82, 2.24) is 0 Å². The Hall–Kier alpha value is -0.440. The molecule has 0 radical (unpaired) electrons. The van der Waals surface area contributed by atoms with E-state index in [0.29, 0.717) is 5.92 Å². The van der Waals surface area contributed by atoms with Crippen molar-refractivity contribution in [2.24, 2.45) is 11.8 Å². The molecule has 0 aromatic carbocycles. The number of hydrogen-bond donors (Lipinski definition) is 0. The zero-order valence-electron chi connectivity index (χ0n) is 7.57. The average Bonchev–Trinajstić information content (AvgIpc) is 1.87. The van der Waals surface area contributed by atoms with Gasteiger partial charge in [0.15, 0.2) is 0 Å². The maximum Gasteiger partial charge on any atom is 0.0171 e. The largest absolute Gasteiger partial charge is 0.103 e. The van der Waals surface area contributed by atoms with Gasteiger partial charge in [-0.15, -0.1) is 11.8 Å². The van der Waals surface area contributed by atoms with Crippen LogP contribution in [0.15, 0.2) is 0 Å². The second-order valence-electron chi connectivity index (χ2n) is 3.23. The van der Waals surface area contributed by atoms with E-state index in [9.17, 15) is 0 Å². The molecule has 0 nitrogen and oxygen atoms in total. The normalized spacial score (nSPS) is 12.5. The van der Waals surface area contributed by atoms with Crippen LogP contribution in [0.2, 0.25) is 0 Å². The predicted octanol–water partition coefficient (Wildman–Crippen LogP) is 3.08. The first-order chi connectivity index (χ1) is 4.66. The van der Waals surface area contributed by atoms with Gasteiger partial charge in [-0.1, -0.05) is 27.7 Å². The highest BCUT2D eigenvalue weighted by molar-refractivity contribution is 5.02. The highest BCUT2D eigenvalue weighted by atomic mass is 13.9. The van der Waals surface area contributed by atoms with Crippen LogP contribution in [0, 0.1) is 23.7 Å². The summed E-state index contributed by atoms with van der Waals surface area (Å²) < 4.78 is 0. The molecule has 10 heavy (non-hydrogen) atoms. The van der Waals surface area contributed by atoms with Crippen LogP contribution in [0.25, 0.3) is 0 Å². The lowest BCUT2D eigenvalue weighted by atomic mass is 10.1. The molecule has 0 rings (SSSR count). The van der Waals surface area contributed by atoms with Crippen molar-refractivity contribution in [3.05, 3.63) is 0 Å². The summed E-state index contributed by atoms with van der Waals surface area (Å²) in [5.41, 5.74) is 0. The molecule has 1 atom stereocenters. The summed E-state index contributed by atoms with van der Waals surface area (Å²) in [5, 5.41) is 0. The van der Waals surface area contributed by atoms with E-state index in [1.807, 2.05) is 0 Å². The summed E-state index contributed by atoms with van der Waals surface area (Å²) >= 11 is 0. The molecule has 0 fully saturated rings. The third kappa shape index (κ3) is 5.69. The zero-order chi connectivity index (χ0) is 7.98. The van der Waals surface area contributed by atoms with Crippen molar-refractivity contribution in [1.29, 1.82) is 0 Å². The van der Waals surface area contributed by atoms with Crippen LogP contribution in [0.3, 0.4) is 0 Å². The maximum atomic E-state index is 3.21. The van der Waals surface area contributed by atoms with Crippen molar-refractivity contribution in [3.63, 3.8) is 0 Å². The van der Waals surface area contributed by atoms with Crippen LogP contribution in [0.4, 0.5) is 0 Å². The van der Waals surface area contributed by atoms with E-state index in [4.69, 9.17) is 0 Å². The lowest BCUT2D eigenvalue weighted by molar-refractivity contribution is 0.670. The van der Waals surface area contributed by atoms with Gasteiger partial charge in [-0.05, 0) is 12.3 Å². The van der Waals surface area contributed by atoms with E-state index in [1.165, 1.54) is 6.42 Å². The summed E-state index contributed by atoms with van der Waals surface area (Å²) in [5.74, 6) is 7.70. The summed E-state index contributed by atoms with van der Waals surface area (Å²) in [6.07, 6.45) is 2.22. The van der Waals surface area contributed by atoms with Crippen molar-refractivity contribution in [2.45, 2.75) is 40.5 Å². The van der Waals surface area contributed by atoms with Gasteiger partial charge < -0.3 is 0 Å². The van der Waals surface area contributed by atoms with E-state index in [1.54, 1.807) is 0 Å². The first-order valence-electron chi connectivity index (χ1n) is 4.15. The van der Waals surface area contributed by atoms with Crippen LogP contribution in [0.1, 0.15) is 40.5 Å². The van der Waals surface area contributed by atoms with Crippen LogP contribution >= 0.6 is 0 Å². The van der Waals surface area contributed by atoms with E-state index in [-0.39, 0.29) is 0 Å². The highest BCUT2D eigenvalue weighted by Crippen LogP contribution is 2.00.